The molecule has 7 nitrogen and oxygen atoms in total. The Labute approximate surface area is 190 Å². The highest BCUT2D eigenvalue weighted by Crippen LogP contribution is 2.38. The molecule has 2 aromatic rings. The van der Waals surface area contributed by atoms with Gasteiger partial charge in [0.2, 0.25) is 0 Å². The largest absolute Gasteiger partial charge is 0.461 e. The number of nitrogens with zero attached hydrogens (tertiary/aromatic N) is 3. The molecule has 0 spiro atoms. The van der Waals surface area contributed by atoms with Gasteiger partial charge in [-0.25, -0.2) is 9.59 Å². The lowest BCUT2D eigenvalue weighted by Crippen LogP contribution is -2.32. The second-order valence-corrected chi connectivity index (χ2v) is 7.60. The number of benzene rings is 1. The Balaban J connectivity index is 1.78. The van der Waals surface area contributed by atoms with E-state index >= 15 is 0 Å². The maximum atomic E-state index is 13.1. The first kappa shape index (κ1) is 25.4. The third kappa shape index (κ3) is 5.81. The Hall–Kier alpha value is -3.25. The van der Waals surface area contributed by atoms with Crippen LogP contribution in [0.25, 0.3) is 0 Å². The third-order valence-corrected chi connectivity index (χ3v) is 5.11. The summed E-state index contributed by atoms with van der Waals surface area (Å²) < 4.78 is 90.4. The zero-order chi connectivity index (χ0) is 25.3. The van der Waals surface area contributed by atoms with E-state index in [0.717, 1.165) is 0 Å². The highest BCUT2D eigenvalue weighted by Gasteiger charge is 2.37. The summed E-state index contributed by atoms with van der Waals surface area (Å²) >= 11 is 0. The molecule has 1 aromatic heterocycles. The number of rotatable bonds is 4. The smallest absolute Gasteiger partial charge is 0.416 e. The molecule has 0 N–H and O–H groups in total. The highest BCUT2D eigenvalue weighted by atomic mass is 19.4. The molecular formula is C21H21F6N3O4. The van der Waals surface area contributed by atoms with Gasteiger partial charge in [0.15, 0.2) is 5.69 Å². The predicted octanol–water partition coefficient (Wildman–Crippen LogP) is 5.20. The predicted molar refractivity (Wildman–Crippen MR) is 105 cm³/mol. The number of carbonyl (C=O) groups excluding carboxylic acids is 2. The van der Waals surface area contributed by atoms with Crippen LogP contribution in [0, 0.1) is 0 Å². The SMILES string of the molecule is CCOC(=O)c1cc2n(n1)CCCN(C(=O)OC(C)c1cc(C(F)(F)F)cc(C(F)(F)F)c1)C2. The zero-order valence-corrected chi connectivity index (χ0v) is 18.2. The van der Waals surface area contributed by atoms with E-state index in [4.69, 9.17) is 9.47 Å². The first-order chi connectivity index (χ1) is 15.8. The number of aryl methyl sites for hydroxylation is 1. The lowest BCUT2D eigenvalue weighted by molar-refractivity contribution is -0.143. The van der Waals surface area contributed by atoms with E-state index in [1.54, 1.807) is 6.92 Å². The lowest BCUT2D eigenvalue weighted by Gasteiger charge is -2.23. The van der Waals surface area contributed by atoms with Gasteiger partial charge in [0.1, 0.15) is 6.10 Å². The quantitative estimate of drug-likeness (QED) is 0.433. The molecule has 1 aromatic carbocycles. The van der Waals surface area contributed by atoms with Crippen molar-refractivity contribution in [2.75, 3.05) is 13.2 Å². The maximum absolute atomic E-state index is 13.1. The molecule has 13 heteroatoms. The van der Waals surface area contributed by atoms with Gasteiger partial charge in [-0.15, -0.1) is 0 Å². The Kier molecular flexibility index (Phi) is 7.13. The standard InChI is InChI=1S/C21H21F6N3O4/c1-3-33-18(31)17-10-16-11-29(5-4-6-30(16)28-17)19(32)34-12(2)13-7-14(20(22,23)24)9-15(8-13)21(25,26)27/h7-10,12H,3-6,11H2,1-2H3. The second kappa shape index (κ2) is 9.55. The van der Waals surface area contributed by atoms with Gasteiger partial charge in [0, 0.05) is 13.1 Å². The summed E-state index contributed by atoms with van der Waals surface area (Å²) in [4.78, 5) is 25.8. The number of halogens is 6. The van der Waals surface area contributed by atoms with Crippen molar-refractivity contribution < 1.29 is 45.4 Å². The molecular weight excluding hydrogens is 472 g/mol. The van der Waals surface area contributed by atoms with Crippen molar-refractivity contribution in [1.29, 1.82) is 0 Å². The molecule has 0 fully saturated rings. The molecule has 1 aliphatic rings. The lowest BCUT2D eigenvalue weighted by atomic mass is 10.0. The number of ether oxygens (including phenoxy) is 2. The highest BCUT2D eigenvalue weighted by molar-refractivity contribution is 5.87. The van der Waals surface area contributed by atoms with Crippen molar-refractivity contribution in [3.05, 3.63) is 52.3 Å². The van der Waals surface area contributed by atoms with Gasteiger partial charge in [-0.2, -0.15) is 31.4 Å². The van der Waals surface area contributed by atoms with E-state index in [-0.39, 0.29) is 31.5 Å². The van der Waals surface area contributed by atoms with Gasteiger partial charge in [-0.05, 0) is 50.1 Å². The fourth-order valence-electron chi connectivity index (χ4n) is 3.43. The Morgan fingerprint density at radius 3 is 2.21 bits per heavy atom. The van der Waals surface area contributed by atoms with Gasteiger partial charge < -0.3 is 14.4 Å². The van der Waals surface area contributed by atoms with Crippen LogP contribution in [0.3, 0.4) is 0 Å². The molecule has 1 unspecified atom stereocenters. The molecule has 0 saturated heterocycles. The van der Waals surface area contributed by atoms with Crippen LogP contribution in [-0.4, -0.2) is 39.9 Å². The maximum Gasteiger partial charge on any atom is 0.416 e. The van der Waals surface area contributed by atoms with Crippen LogP contribution in [0.1, 0.15) is 59.2 Å². The minimum Gasteiger partial charge on any atom is -0.461 e. The van der Waals surface area contributed by atoms with E-state index < -0.39 is 47.2 Å². The van der Waals surface area contributed by atoms with Gasteiger partial charge >= 0.3 is 24.4 Å². The summed E-state index contributed by atoms with van der Waals surface area (Å²) in [6.45, 7) is 3.56. The number of fused-ring (bicyclic) bond motifs is 1. The Morgan fingerprint density at radius 2 is 1.65 bits per heavy atom. The fourth-order valence-corrected chi connectivity index (χ4v) is 3.43. The summed E-state index contributed by atoms with van der Waals surface area (Å²) in [5, 5.41) is 4.15. The van der Waals surface area contributed by atoms with Crippen molar-refractivity contribution >= 4 is 12.1 Å². The van der Waals surface area contributed by atoms with E-state index in [1.165, 1.54) is 22.6 Å². The summed E-state index contributed by atoms with van der Waals surface area (Å²) in [6.07, 6.45) is -11.9. The van der Waals surface area contributed by atoms with Crippen molar-refractivity contribution in [2.45, 2.75) is 51.8 Å². The van der Waals surface area contributed by atoms with Crippen LogP contribution in [0.15, 0.2) is 24.3 Å². The molecule has 1 aliphatic heterocycles. The number of amides is 1. The molecule has 0 saturated carbocycles. The number of hydrogen-bond donors (Lipinski definition) is 0. The van der Waals surface area contributed by atoms with Crippen molar-refractivity contribution in [2.24, 2.45) is 0 Å². The molecule has 34 heavy (non-hydrogen) atoms. The molecule has 0 bridgehead atoms. The van der Waals surface area contributed by atoms with Crippen LogP contribution in [-0.2, 0) is 34.9 Å². The van der Waals surface area contributed by atoms with Gasteiger partial charge in [0.05, 0.1) is 30.0 Å². The van der Waals surface area contributed by atoms with Crippen molar-refractivity contribution in [3.8, 4) is 0 Å². The van der Waals surface area contributed by atoms with Gasteiger partial charge in [-0.1, -0.05) is 0 Å². The first-order valence-electron chi connectivity index (χ1n) is 10.3. The summed E-state index contributed by atoms with van der Waals surface area (Å²) in [5.74, 6) is -0.629. The molecule has 0 aliphatic carbocycles. The first-order valence-corrected chi connectivity index (χ1v) is 10.3. The number of alkyl halides is 6. The van der Waals surface area contributed by atoms with Crippen LogP contribution in [0.2, 0.25) is 0 Å². The van der Waals surface area contributed by atoms with Crippen LogP contribution in [0.4, 0.5) is 31.1 Å². The molecule has 0 radical (unpaired) electrons. The van der Waals surface area contributed by atoms with Gasteiger partial charge in [-0.3, -0.25) is 4.68 Å². The second-order valence-electron chi connectivity index (χ2n) is 7.60. The van der Waals surface area contributed by atoms with Crippen LogP contribution < -0.4 is 0 Å². The van der Waals surface area contributed by atoms with Gasteiger partial charge in [0.25, 0.3) is 0 Å². The van der Waals surface area contributed by atoms with E-state index in [0.29, 0.717) is 30.8 Å². The third-order valence-electron chi connectivity index (χ3n) is 5.11. The van der Waals surface area contributed by atoms with E-state index in [9.17, 15) is 35.9 Å². The number of aromatic nitrogens is 2. The Morgan fingerprint density at radius 1 is 1.03 bits per heavy atom. The summed E-state index contributed by atoms with van der Waals surface area (Å²) in [5.41, 5.74) is -2.87. The summed E-state index contributed by atoms with van der Waals surface area (Å²) in [6, 6.07) is 2.51. The van der Waals surface area contributed by atoms with Crippen molar-refractivity contribution in [1.82, 2.24) is 14.7 Å². The molecule has 2 heterocycles. The van der Waals surface area contributed by atoms with Crippen molar-refractivity contribution in [3.63, 3.8) is 0 Å². The topological polar surface area (TPSA) is 73.7 Å². The fraction of sp³-hybridized carbons (Fsp3) is 0.476. The molecule has 186 valence electrons. The Bertz CT molecular complexity index is 1030. The van der Waals surface area contributed by atoms with E-state index in [2.05, 4.69) is 5.10 Å². The van der Waals surface area contributed by atoms with Crippen LogP contribution >= 0.6 is 0 Å². The number of carbonyl (C=O) groups is 2. The number of hydrogen-bond acceptors (Lipinski definition) is 5. The molecule has 1 amide bonds. The number of esters is 1. The van der Waals surface area contributed by atoms with Crippen LogP contribution in [0.5, 0.6) is 0 Å². The average molecular weight is 493 g/mol. The molecule has 1 atom stereocenters. The minimum absolute atomic E-state index is 0.00906. The minimum atomic E-state index is -5.01. The normalized spacial score (nSPS) is 15.4. The summed E-state index contributed by atoms with van der Waals surface area (Å²) in [7, 11) is 0. The molecule has 3 rings (SSSR count). The average Bonchev–Trinajstić information content (AvgIpc) is 3.03. The monoisotopic (exact) mass is 493 g/mol. The zero-order valence-electron chi connectivity index (χ0n) is 18.2. The van der Waals surface area contributed by atoms with E-state index in [1.807, 2.05) is 0 Å².